The average Bonchev–Trinajstić information content (AvgIpc) is 1.38. The predicted octanol–water partition coefficient (Wildman–Crippen LogP) is 0.921. The van der Waals surface area contributed by atoms with E-state index in [0.717, 1.165) is 0 Å². The first-order valence-electron chi connectivity index (χ1n) is 0.932. The second-order valence-electron chi connectivity index (χ2n) is 0.418. The minimum absolute atomic E-state index is 0.0624. The Labute approximate surface area is 46.1 Å². The summed E-state index contributed by atoms with van der Waals surface area (Å²) in [5, 5.41) is 2.29. The van der Waals surface area contributed by atoms with Crippen molar-refractivity contribution in [2.75, 3.05) is 0 Å². The first kappa shape index (κ1) is 5.63. The molecular formula is CH3INOP. The molecule has 0 radical (unpaired) electrons. The van der Waals surface area contributed by atoms with Gasteiger partial charge in [0.1, 0.15) is 0 Å². The van der Waals surface area contributed by atoms with Gasteiger partial charge in [-0.1, -0.05) is 0 Å². The number of hydrogen-bond donors (Lipinski definition) is 1. The maximum absolute atomic E-state index is 9.67. The Morgan fingerprint density at radius 3 is 2.20 bits per heavy atom. The third-order valence-electron chi connectivity index (χ3n) is 0.113. The van der Waals surface area contributed by atoms with Gasteiger partial charge in [0.05, 0.1) is 0 Å². The molecule has 1 N–H and O–H groups in total. The molecule has 0 bridgehead atoms. The van der Waals surface area contributed by atoms with Gasteiger partial charge in [0.25, 0.3) is 3.91 Å². The monoisotopic (exact) mass is 203 g/mol. The van der Waals surface area contributed by atoms with Crippen LogP contribution in [0.15, 0.2) is 0 Å². The van der Waals surface area contributed by atoms with Crippen LogP contribution in [0.3, 0.4) is 0 Å². The molecule has 0 saturated carbocycles. The van der Waals surface area contributed by atoms with Crippen LogP contribution < -0.4 is 5.09 Å². The number of carbonyl (C=O) groups is 1. The van der Waals surface area contributed by atoms with Crippen molar-refractivity contribution in [3.05, 3.63) is 0 Å². The van der Waals surface area contributed by atoms with E-state index in [1.54, 1.807) is 22.6 Å². The van der Waals surface area contributed by atoms with E-state index in [-0.39, 0.29) is 3.91 Å². The maximum atomic E-state index is 9.67. The number of hydrogen-bond acceptors (Lipinski definition) is 1. The van der Waals surface area contributed by atoms with Gasteiger partial charge in [-0.15, -0.1) is 0 Å². The van der Waals surface area contributed by atoms with Gasteiger partial charge < -0.3 is 5.09 Å². The van der Waals surface area contributed by atoms with Crippen LogP contribution in [0.1, 0.15) is 0 Å². The van der Waals surface area contributed by atoms with Crippen LogP contribution in [0.25, 0.3) is 0 Å². The predicted molar refractivity (Wildman–Crippen MR) is 32.3 cm³/mol. The Morgan fingerprint density at radius 2 is 2.20 bits per heavy atom. The minimum atomic E-state index is -0.0624. The summed E-state index contributed by atoms with van der Waals surface area (Å²) in [6.07, 6.45) is 0. The summed E-state index contributed by atoms with van der Waals surface area (Å²) in [4.78, 5) is 9.67. The van der Waals surface area contributed by atoms with Crippen LogP contribution in [0.2, 0.25) is 0 Å². The summed E-state index contributed by atoms with van der Waals surface area (Å²) < 4.78 is -0.0624. The lowest BCUT2D eigenvalue weighted by Gasteiger charge is -1.77. The average molecular weight is 203 g/mol. The molecule has 0 aliphatic rings. The Bertz CT molecular complexity index is 46.9. The van der Waals surface area contributed by atoms with Gasteiger partial charge in [-0.25, -0.2) is 0 Å². The van der Waals surface area contributed by atoms with E-state index in [0.29, 0.717) is 0 Å². The standard InChI is InChI=1S/CH3INOP/c2-1(4)3-5/h5H2,(H,3,4). The van der Waals surface area contributed by atoms with Crippen LogP contribution in [0, 0.1) is 0 Å². The first-order valence-corrected chi connectivity index (χ1v) is 2.59. The van der Waals surface area contributed by atoms with Gasteiger partial charge >= 0.3 is 0 Å². The fraction of sp³-hybridized carbons (Fsp3) is 0. The van der Waals surface area contributed by atoms with Gasteiger partial charge in [0, 0.05) is 22.6 Å². The minimum Gasteiger partial charge on any atom is -0.332 e. The Balaban J connectivity index is 2.85. The van der Waals surface area contributed by atoms with Crippen molar-refractivity contribution in [1.82, 2.24) is 5.09 Å². The van der Waals surface area contributed by atoms with Gasteiger partial charge in [-0.2, -0.15) is 0 Å². The largest absolute Gasteiger partial charge is 0.332 e. The van der Waals surface area contributed by atoms with Crippen molar-refractivity contribution in [2.45, 2.75) is 0 Å². The summed E-state index contributed by atoms with van der Waals surface area (Å²) in [6.45, 7) is 0. The Morgan fingerprint density at radius 1 is 2.00 bits per heavy atom. The molecule has 30 valence electrons. The zero-order valence-electron chi connectivity index (χ0n) is 2.36. The van der Waals surface area contributed by atoms with Gasteiger partial charge in [0.15, 0.2) is 0 Å². The SMILES string of the molecule is O=C(I)NP. The number of carbonyl (C=O) groups excluding carboxylic acids is 1. The molecule has 0 aliphatic carbocycles. The molecule has 0 saturated heterocycles. The lowest BCUT2D eigenvalue weighted by molar-refractivity contribution is 0.267. The molecule has 1 amide bonds. The van der Waals surface area contributed by atoms with Crippen molar-refractivity contribution in [1.29, 1.82) is 0 Å². The Kier molecular flexibility index (Phi) is 3.20. The van der Waals surface area contributed by atoms with Crippen molar-refractivity contribution < 1.29 is 4.79 Å². The van der Waals surface area contributed by atoms with E-state index in [2.05, 4.69) is 14.5 Å². The lowest BCUT2D eigenvalue weighted by Crippen LogP contribution is -1.96. The summed E-state index contributed by atoms with van der Waals surface area (Å²) in [5.74, 6) is 0. The number of nitrogens with one attached hydrogen (secondary N) is 1. The van der Waals surface area contributed by atoms with Crippen molar-refractivity contribution in [3.63, 3.8) is 0 Å². The zero-order valence-corrected chi connectivity index (χ0v) is 5.68. The molecule has 1 unspecified atom stereocenters. The fourth-order valence-electron chi connectivity index (χ4n) is 0. The molecule has 0 fully saturated rings. The van der Waals surface area contributed by atoms with Crippen LogP contribution in [0.4, 0.5) is 4.79 Å². The van der Waals surface area contributed by atoms with E-state index in [1.807, 2.05) is 0 Å². The normalized spacial score (nSPS) is 6.80. The van der Waals surface area contributed by atoms with Crippen molar-refractivity contribution in [3.8, 4) is 0 Å². The molecule has 0 rings (SSSR count). The van der Waals surface area contributed by atoms with Crippen LogP contribution in [0.5, 0.6) is 0 Å². The van der Waals surface area contributed by atoms with Gasteiger partial charge in [-0.3, -0.25) is 4.79 Å². The molecule has 0 aliphatic heterocycles. The highest BCUT2D eigenvalue weighted by Crippen LogP contribution is 1.83. The molecule has 0 spiro atoms. The molecular weight excluding hydrogens is 200 g/mol. The van der Waals surface area contributed by atoms with Crippen LogP contribution in [-0.2, 0) is 0 Å². The second-order valence-corrected chi connectivity index (χ2v) is 1.69. The Hall–Kier alpha value is 0.630. The van der Waals surface area contributed by atoms with Crippen LogP contribution in [-0.4, -0.2) is 3.91 Å². The zero-order chi connectivity index (χ0) is 4.28. The molecule has 0 aromatic carbocycles. The highest BCUT2D eigenvalue weighted by Gasteiger charge is 1.76. The fourth-order valence-corrected chi connectivity index (χ4v) is 0. The molecule has 0 aromatic rings. The quantitative estimate of drug-likeness (QED) is 0.269. The van der Waals surface area contributed by atoms with Crippen molar-refractivity contribution >= 4 is 35.9 Å². The molecule has 2 nitrogen and oxygen atoms in total. The van der Waals surface area contributed by atoms with E-state index in [9.17, 15) is 4.79 Å². The van der Waals surface area contributed by atoms with E-state index in [4.69, 9.17) is 0 Å². The summed E-state index contributed by atoms with van der Waals surface area (Å²) in [5.41, 5.74) is 0. The summed E-state index contributed by atoms with van der Waals surface area (Å²) in [7, 11) is 2.09. The lowest BCUT2D eigenvalue weighted by atomic mass is 11.5. The summed E-state index contributed by atoms with van der Waals surface area (Å²) in [6, 6.07) is 0. The second kappa shape index (κ2) is 2.85. The number of halogens is 1. The van der Waals surface area contributed by atoms with Crippen LogP contribution >= 0.6 is 32.0 Å². The highest BCUT2D eigenvalue weighted by atomic mass is 127. The molecule has 0 heterocycles. The van der Waals surface area contributed by atoms with E-state index in [1.165, 1.54) is 0 Å². The van der Waals surface area contributed by atoms with E-state index >= 15 is 0 Å². The molecule has 0 aromatic heterocycles. The topological polar surface area (TPSA) is 29.1 Å². The summed E-state index contributed by atoms with van der Waals surface area (Å²) >= 11 is 1.64. The van der Waals surface area contributed by atoms with Gasteiger partial charge in [0.2, 0.25) is 0 Å². The maximum Gasteiger partial charge on any atom is 0.283 e. The molecule has 1 atom stereocenters. The highest BCUT2D eigenvalue weighted by molar-refractivity contribution is 14.1. The first-order chi connectivity index (χ1) is 2.27. The molecule has 5 heavy (non-hydrogen) atoms. The van der Waals surface area contributed by atoms with E-state index < -0.39 is 0 Å². The third-order valence-corrected chi connectivity index (χ3v) is 1.27. The number of amides is 1. The number of rotatable bonds is 0. The third kappa shape index (κ3) is 4.63. The smallest absolute Gasteiger partial charge is 0.283 e. The molecule has 4 heteroatoms. The van der Waals surface area contributed by atoms with Crippen molar-refractivity contribution in [2.24, 2.45) is 0 Å². The van der Waals surface area contributed by atoms with Gasteiger partial charge in [-0.05, 0) is 9.39 Å².